The van der Waals surface area contributed by atoms with E-state index >= 15 is 0 Å². The summed E-state index contributed by atoms with van der Waals surface area (Å²) in [5.41, 5.74) is 0.997. The summed E-state index contributed by atoms with van der Waals surface area (Å²) in [6.45, 7) is 3.77. The van der Waals surface area contributed by atoms with Crippen molar-refractivity contribution < 1.29 is 18.0 Å². The van der Waals surface area contributed by atoms with E-state index in [1.807, 2.05) is 0 Å². The summed E-state index contributed by atoms with van der Waals surface area (Å²) < 4.78 is 27.1. The second kappa shape index (κ2) is 10.00. The van der Waals surface area contributed by atoms with Gasteiger partial charge in [0.1, 0.15) is 0 Å². The number of hydrogen-bond donors (Lipinski definition) is 2. The van der Waals surface area contributed by atoms with E-state index in [0.717, 1.165) is 4.47 Å². The zero-order valence-electron chi connectivity index (χ0n) is 16.5. The summed E-state index contributed by atoms with van der Waals surface area (Å²) in [5, 5.41) is 5.38. The fourth-order valence-corrected chi connectivity index (χ4v) is 4.00. The molecule has 9 heteroatoms. The van der Waals surface area contributed by atoms with Gasteiger partial charge in [-0.15, -0.1) is 0 Å². The molecule has 0 aliphatic carbocycles. The summed E-state index contributed by atoms with van der Waals surface area (Å²) in [6.07, 6.45) is 0.0956. The number of nitrogens with zero attached hydrogens (tertiary/aromatic N) is 1. The Morgan fingerprint density at radius 1 is 1.03 bits per heavy atom. The zero-order valence-corrected chi connectivity index (χ0v) is 18.9. The van der Waals surface area contributed by atoms with Crippen LogP contribution in [0.5, 0.6) is 0 Å². The largest absolute Gasteiger partial charge is 0.352 e. The Hall–Kier alpha value is -2.23. The van der Waals surface area contributed by atoms with Crippen LogP contribution in [-0.4, -0.2) is 44.2 Å². The molecule has 2 aromatic carbocycles. The highest BCUT2D eigenvalue weighted by Crippen LogP contribution is 2.19. The van der Waals surface area contributed by atoms with Crippen molar-refractivity contribution >= 4 is 43.5 Å². The maximum atomic E-state index is 12.4. The average Bonchev–Trinajstić information content (AvgIpc) is 2.68. The molecule has 0 aromatic heterocycles. The molecule has 0 spiro atoms. The number of rotatable bonds is 8. The lowest BCUT2D eigenvalue weighted by Gasteiger charge is -2.21. The van der Waals surface area contributed by atoms with Gasteiger partial charge in [0.2, 0.25) is 15.9 Å². The van der Waals surface area contributed by atoms with E-state index < -0.39 is 10.0 Å². The highest BCUT2D eigenvalue weighted by molar-refractivity contribution is 9.10. The van der Waals surface area contributed by atoms with Crippen LogP contribution in [0.2, 0.25) is 0 Å². The maximum Gasteiger partial charge on any atom is 0.251 e. The predicted octanol–water partition coefficient (Wildman–Crippen LogP) is 3.24. The number of anilines is 1. The van der Waals surface area contributed by atoms with Gasteiger partial charge in [-0.1, -0.05) is 15.9 Å². The molecule has 0 saturated heterocycles. The minimum atomic E-state index is -3.57. The van der Waals surface area contributed by atoms with Gasteiger partial charge >= 0.3 is 0 Å². The van der Waals surface area contributed by atoms with E-state index in [-0.39, 0.29) is 35.7 Å². The van der Waals surface area contributed by atoms with Gasteiger partial charge < -0.3 is 10.6 Å². The van der Waals surface area contributed by atoms with E-state index in [4.69, 9.17) is 0 Å². The van der Waals surface area contributed by atoms with Crippen LogP contribution < -0.4 is 10.6 Å². The summed E-state index contributed by atoms with van der Waals surface area (Å²) in [7, 11) is -2.04. The van der Waals surface area contributed by atoms with Gasteiger partial charge in [0.15, 0.2) is 0 Å². The van der Waals surface area contributed by atoms with Crippen molar-refractivity contribution in [3.63, 3.8) is 0 Å². The average molecular weight is 482 g/mol. The van der Waals surface area contributed by atoms with Crippen molar-refractivity contribution in [1.29, 1.82) is 0 Å². The molecule has 0 aliphatic rings. The Balaban J connectivity index is 1.86. The quantitative estimate of drug-likeness (QED) is 0.604. The van der Waals surface area contributed by atoms with E-state index in [0.29, 0.717) is 11.3 Å². The van der Waals surface area contributed by atoms with Gasteiger partial charge in [0, 0.05) is 41.8 Å². The van der Waals surface area contributed by atoms with Gasteiger partial charge in [-0.3, -0.25) is 9.59 Å². The van der Waals surface area contributed by atoms with Gasteiger partial charge in [0.05, 0.1) is 4.90 Å². The molecule has 2 N–H and O–H groups in total. The highest BCUT2D eigenvalue weighted by atomic mass is 79.9. The molecule has 2 aromatic rings. The number of nitrogens with one attached hydrogen (secondary N) is 2. The molecule has 0 fully saturated rings. The zero-order chi connectivity index (χ0) is 21.6. The fourth-order valence-electron chi connectivity index (χ4n) is 2.37. The molecular formula is C20H24BrN3O4S. The molecule has 0 heterocycles. The Morgan fingerprint density at radius 3 is 2.17 bits per heavy atom. The number of sulfonamides is 1. The molecule has 0 aliphatic heterocycles. The first kappa shape index (κ1) is 23.1. The summed E-state index contributed by atoms with van der Waals surface area (Å²) >= 11 is 3.31. The van der Waals surface area contributed by atoms with Crippen LogP contribution in [0.3, 0.4) is 0 Å². The third-order valence-corrected chi connectivity index (χ3v) is 6.86. The number of halogens is 1. The van der Waals surface area contributed by atoms with Crippen LogP contribution in [-0.2, 0) is 14.8 Å². The Bertz CT molecular complexity index is 958. The summed E-state index contributed by atoms with van der Waals surface area (Å²) in [6, 6.07) is 12.7. The minimum absolute atomic E-state index is 0.0956. The molecule has 156 valence electrons. The van der Waals surface area contributed by atoms with Crippen molar-refractivity contribution in [2.45, 2.75) is 31.2 Å². The smallest absolute Gasteiger partial charge is 0.251 e. The summed E-state index contributed by atoms with van der Waals surface area (Å²) in [4.78, 5) is 24.2. The van der Waals surface area contributed by atoms with Crippen LogP contribution in [0.1, 0.15) is 30.6 Å². The first-order valence-corrected chi connectivity index (χ1v) is 11.3. The maximum absolute atomic E-state index is 12.4. The van der Waals surface area contributed by atoms with Crippen molar-refractivity contribution in [3.8, 4) is 0 Å². The lowest BCUT2D eigenvalue weighted by molar-refractivity contribution is -0.116. The van der Waals surface area contributed by atoms with Gasteiger partial charge in [-0.2, -0.15) is 4.31 Å². The topological polar surface area (TPSA) is 95.6 Å². The van der Waals surface area contributed by atoms with Crippen LogP contribution in [0, 0.1) is 0 Å². The second-order valence-electron chi connectivity index (χ2n) is 6.70. The highest BCUT2D eigenvalue weighted by Gasteiger charge is 2.22. The predicted molar refractivity (Wildman–Crippen MR) is 116 cm³/mol. The van der Waals surface area contributed by atoms with Crippen molar-refractivity contribution in [1.82, 2.24) is 9.62 Å². The van der Waals surface area contributed by atoms with Crippen molar-refractivity contribution in [2.75, 3.05) is 18.9 Å². The van der Waals surface area contributed by atoms with Gasteiger partial charge in [-0.05, 0) is 62.4 Å². The lowest BCUT2D eigenvalue weighted by atomic mass is 10.2. The van der Waals surface area contributed by atoms with Crippen LogP contribution >= 0.6 is 15.9 Å². The minimum Gasteiger partial charge on any atom is -0.352 e. The molecule has 7 nitrogen and oxygen atoms in total. The van der Waals surface area contributed by atoms with Gasteiger partial charge in [0.25, 0.3) is 5.91 Å². The Morgan fingerprint density at radius 2 is 1.62 bits per heavy atom. The number of amides is 2. The standard InChI is InChI=1S/C20H24BrN3O4S/c1-14(2)24(3)29(27,28)18-10-8-17(9-11-18)23-19(25)12-13-22-20(26)15-4-6-16(21)7-5-15/h4-11,14H,12-13H2,1-3H3,(H,22,26)(H,23,25). The molecular weight excluding hydrogens is 458 g/mol. The van der Waals surface area contributed by atoms with Crippen LogP contribution in [0.4, 0.5) is 5.69 Å². The molecule has 0 unspecified atom stereocenters. The summed E-state index contributed by atoms with van der Waals surface area (Å²) in [5.74, 6) is -0.537. The molecule has 0 bridgehead atoms. The van der Waals surface area contributed by atoms with E-state index in [2.05, 4.69) is 26.6 Å². The second-order valence-corrected chi connectivity index (χ2v) is 9.61. The molecule has 0 radical (unpaired) electrons. The van der Waals surface area contributed by atoms with Crippen LogP contribution in [0.25, 0.3) is 0 Å². The Labute approximate surface area is 179 Å². The van der Waals surface area contributed by atoms with Gasteiger partial charge in [-0.25, -0.2) is 8.42 Å². The molecule has 0 atom stereocenters. The first-order valence-electron chi connectivity index (χ1n) is 9.03. The molecule has 29 heavy (non-hydrogen) atoms. The van der Waals surface area contributed by atoms with E-state index in [1.54, 1.807) is 50.2 Å². The van der Waals surface area contributed by atoms with Crippen molar-refractivity contribution in [3.05, 3.63) is 58.6 Å². The monoisotopic (exact) mass is 481 g/mol. The third-order valence-electron chi connectivity index (χ3n) is 4.29. The molecule has 2 amide bonds. The lowest BCUT2D eigenvalue weighted by Crippen LogP contribution is -2.33. The molecule has 2 rings (SSSR count). The fraction of sp³-hybridized carbons (Fsp3) is 0.300. The Kier molecular flexibility index (Phi) is 7.95. The third kappa shape index (κ3) is 6.38. The van der Waals surface area contributed by atoms with E-state index in [1.165, 1.54) is 23.5 Å². The van der Waals surface area contributed by atoms with E-state index in [9.17, 15) is 18.0 Å². The molecule has 0 saturated carbocycles. The number of benzene rings is 2. The first-order chi connectivity index (χ1) is 13.6. The SMILES string of the molecule is CC(C)N(C)S(=O)(=O)c1ccc(NC(=O)CCNC(=O)c2ccc(Br)cc2)cc1. The number of carbonyl (C=O) groups is 2. The van der Waals surface area contributed by atoms with Crippen molar-refractivity contribution in [2.24, 2.45) is 0 Å². The number of hydrogen-bond acceptors (Lipinski definition) is 4. The normalized spacial score (nSPS) is 11.5. The number of carbonyl (C=O) groups excluding carboxylic acids is 2. The van der Waals surface area contributed by atoms with Crippen LogP contribution in [0.15, 0.2) is 57.9 Å².